The van der Waals surface area contributed by atoms with Gasteiger partial charge in [0.2, 0.25) is 6.79 Å². The van der Waals surface area contributed by atoms with E-state index in [0.717, 1.165) is 0 Å². The van der Waals surface area contributed by atoms with Gasteiger partial charge in [-0.2, -0.15) is 8.42 Å². The normalized spacial score (nSPS) is 43.1. The highest BCUT2D eigenvalue weighted by Crippen LogP contribution is 2.41. The Morgan fingerprint density at radius 1 is 0.889 bits per heavy atom. The van der Waals surface area contributed by atoms with Crippen LogP contribution in [0.2, 0.25) is 0 Å². The largest absolute Gasteiger partial charge is 0.459 e. The molecule has 0 unspecified atom stereocenters. The summed E-state index contributed by atoms with van der Waals surface area (Å²) in [6.45, 7) is 17.3. The second kappa shape index (κ2) is 24.4. The second-order valence-electron chi connectivity index (χ2n) is 18.2. The summed E-state index contributed by atoms with van der Waals surface area (Å²) in [6.07, 6.45) is -9.49. The maximum atomic E-state index is 14.3. The molecule has 0 bridgehead atoms. The van der Waals surface area contributed by atoms with Gasteiger partial charge in [-0.3, -0.25) is 13.9 Å². The maximum Gasteiger partial charge on any atom is 0.394 e. The number of methoxy groups -OCH3 is 2. The quantitative estimate of drug-likeness (QED) is 0.0453. The van der Waals surface area contributed by atoms with Crippen molar-refractivity contribution < 1.29 is 90.6 Å². The Morgan fingerprint density at radius 3 is 2.03 bits per heavy atom. The summed E-state index contributed by atoms with van der Waals surface area (Å²) in [6, 6.07) is -0.328. The summed E-state index contributed by atoms with van der Waals surface area (Å²) in [5.41, 5.74) is -4.49. The van der Waals surface area contributed by atoms with Crippen LogP contribution in [-0.2, 0) is 57.9 Å². The molecule has 3 fully saturated rings. The monoisotopic (exact) mass is 934 g/mol. The standard InChI is InChI=1S/C41H76N2O15.H2O4S/c1-15-29-41(10,49)34(45)24(4)31(42-53-21-52-17-16-50-13)22(2)19-39(8,48)36(58-38-32(44)28(43(11)12)18-23(3)54-38)25(5)33(26(6)37(47)56-29)57-30-20-40(9,51-14)35(46)27(7)55-30;1-5(2,3)4/h22-30,32-36,38,44-46,48-49H,15-21H2,1-14H3;(H2,1,2,3,4)/b42-31+;/t22-,23-,24+,25+,26-,27+,28+,29-,30+,32-,33+,34-,35+,36-,38+,39-,40-,41-;/m1./s1. The molecule has 0 aromatic heterocycles. The van der Waals surface area contributed by atoms with E-state index >= 15 is 0 Å². The van der Waals surface area contributed by atoms with Crippen LogP contribution >= 0.6 is 0 Å². The van der Waals surface area contributed by atoms with Crippen molar-refractivity contribution >= 4 is 22.1 Å². The number of esters is 1. The number of ether oxygens (including phenoxy) is 8. The minimum absolute atomic E-state index is 0.0307. The molecule has 0 saturated carbocycles. The van der Waals surface area contributed by atoms with Gasteiger partial charge in [0.15, 0.2) is 12.6 Å². The van der Waals surface area contributed by atoms with Crippen molar-refractivity contribution in [1.82, 2.24) is 4.90 Å². The number of aliphatic hydroxyl groups excluding tert-OH is 3. The number of nitrogens with zero attached hydrogens (tertiary/aromatic N) is 2. The van der Waals surface area contributed by atoms with Crippen LogP contribution in [0.5, 0.6) is 0 Å². The van der Waals surface area contributed by atoms with Crippen molar-refractivity contribution in [3.8, 4) is 0 Å². The van der Waals surface area contributed by atoms with Crippen molar-refractivity contribution in [2.45, 2.75) is 179 Å². The van der Waals surface area contributed by atoms with E-state index in [0.29, 0.717) is 18.7 Å². The summed E-state index contributed by atoms with van der Waals surface area (Å²) < 4.78 is 79.7. The van der Waals surface area contributed by atoms with E-state index in [1.807, 2.05) is 32.8 Å². The zero-order valence-electron chi connectivity index (χ0n) is 39.4. The van der Waals surface area contributed by atoms with Crippen molar-refractivity contribution in [3.05, 3.63) is 0 Å². The van der Waals surface area contributed by atoms with E-state index in [1.165, 1.54) is 14.0 Å². The minimum Gasteiger partial charge on any atom is -0.459 e. The van der Waals surface area contributed by atoms with Crippen molar-refractivity contribution in [1.29, 1.82) is 0 Å². The van der Waals surface area contributed by atoms with Gasteiger partial charge in [-0.25, -0.2) is 0 Å². The first kappa shape index (κ1) is 57.4. The van der Waals surface area contributed by atoms with Crippen LogP contribution in [0.4, 0.5) is 0 Å². The van der Waals surface area contributed by atoms with Gasteiger partial charge in [-0.05, 0) is 74.9 Å². The van der Waals surface area contributed by atoms with Crippen molar-refractivity contribution in [2.24, 2.45) is 28.8 Å². The second-order valence-corrected chi connectivity index (χ2v) is 19.1. The molecule has 3 aliphatic rings. The zero-order chi connectivity index (χ0) is 48.4. The maximum absolute atomic E-state index is 14.3. The van der Waals surface area contributed by atoms with E-state index in [9.17, 15) is 30.3 Å². The van der Waals surface area contributed by atoms with E-state index in [-0.39, 0.29) is 44.8 Å². The SMILES string of the molecule is CC[C@H]1OC(=O)[C@H](C)[C@@H](O[C@H]2C[C@@](C)(OC)[C@@H](O)[C@H](C)O2)[C@H](C)[C@@H](O[C@@H]2O[C@H](C)C[C@H](N(C)C)[C@H]2O)[C@](C)(O)C[C@@H](C)/C(=N\OCOCCOC)[C@H](C)[C@@H](O)[C@]1(C)O.O=S(=O)(O)O. The van der Waals surface area contributed by atoms with Gasteiger partial charge in [0.05, 0.1) is 66.6 Å². The van der Waals surface area contributed by atoms with Crippen molar-refractivity contribution in [2.75, 3.05) is 48.3 Å². The Balaban J connectivity index is 0.00000257. The first-order chi connectivity index (χ1) is 29.0. The first-order valence-corrected chi connectivity index (χ1v) is 22.9. The van der Waals surface area contributed by atoms with Crippen molar-refractivity contribution in [3.63, 3.8) is 0 Å². The third-order valence-corrected chi connectivity index (χ3v) is 12.6. The molecule has 63 heavy (non-hydrogen) atoms. The number of hydrogen-bond donors (Lipinski definition) is 7. The molecule has 0 spiro atoms. The van der Waals surface area contributed by atoms with Gasteiger partial charge >= 0.3 is 16.4 Å². The summed E-state index contributed by atoms with van der Waals surface area (Å²) in [4.78, 5) is 21.8. The lowest BCUT2D eigenvalue weighted by molar-refractivity contribution is -0.317. The molecule has 22 heteroatoms. The smallest absolute Gasteiger partial charge is 0.394 e. The molecular formula is C41H78N2O19S. The predicted molar refractivity (Wildman–Crippen MR) is 227 cm³/mol. The predicted octanol–water partition coefficient (Wildman–Crippen LogP) is 1.56. The van der Waals surface area contributed by atoms with E-state index in [1.54, 1.807) is 55.6 Å². The highest BCUT2D eigenvalue weighted by atomic mass is 32.3. The summed E-state index contributed by atoms with van der Waals surface area (Å²) >= 11 is 0. The van der Waals surface area contributed by atoms with Crippen LogP contribution in [0, 0.1) is 23.7 Å². The number of rotatable bonds is 13. The molecule has 3 aliphatic heterocycles. The van der Waals surface area contributed by atoms with Crippen LogP contribution in [0.1, 0.15) is 94.9 Å². The topological polar surface area (TPSA) is 291 Å². The van der Waals surface area contributed by atoms with Crippen LogP contribution in [0.25, 0.3) is 0 Å². The number of likely N-dealkylation sites (N-methyl/N-ethyl adjacent to an activating group) is 1. The molecule has 0 radical (unpaired) electrons. The van der Waals surface area contributed by atoms with Gasteiger partial charge < -0.3 is 73.2 Å². The lowest BCUT2D eigenvalue weighted by Gasteiger charge is -2.49. The minimum atomic E-state index is -4.67. The molecule has 3 heterocycles. The molecule has 18 atom stereocenters. The Morgan fingerprint density at radius 2 is 1.49 bits per heavy atom. The van der Waals surface area contributed by atoms with E-state index in [4.69, 9.17) is 60.3 Å². The molecule has 7 N–H and O–H groups in total. The third-order valence-electron chi connectivity index (χ3n) is 12.6. The molecule has 0 aromatic rings. The van der Waals surface area contributed by atoms with E-state index in [2.05, 4.69) is 5.16 Å². The fourth-order valence-electron chi connectivity index (χ4n) is 8.93. The molecule has 3 saturated heterocycles. The van der Waals surface area contributed by atoms with Gasteiger partial charge in [-0.15, -0.1) is 0 Å². The van der Waals surface area contributed by atoms with Gasteiger partial charge in [-0.1, -0.05) is 32.9 Å². The summed E-state index contributed by atoms with van der Waals surface area (Å²) in [7, 11) is 2.09. The summed E-state index contributed by atoms with van der Waals surface area (Å²) in [5.74, 6) is -4.14. The fourth-order valence-corrected chi connectivity index (χ4v) is 8.93. The first-order valence-electron chi connectivity index (χ1n) is 21.5. The average Bonchev–Trinajstić information content (AvgIpc) is 3.18. The van der Waals surface area contributed by atoms with Crippen LogP contribution < -0.4 is 0 Å². The number of cyclic esters (lactones) is 1. The highest BCUT2D eigenvalue weighted by molar-refractivity contribution is 7.79. The molecule has 0 amide bonds. The van der Waals surface area contributed by atoms with Gasteiger partial charge in [0.25, 0.3) is 0 Å². The number of carbonyl (C=O) groups is 1. The van der Waals surface area contributed by atoms with E-state index < -0.39 is 112 Å². The van der Waals surface area contributed by atoms with Gasteiger partial charge in [0, 0.05) is 44.4 Å². The van der Waals surface area contributed by atoms with Crippen LogP contribution in [0.15, 0.2) is 5.16 Å². The molecule has 3 rings (SSSR count). The van der Waals surface area contributed by atoms with Crippen LogP contribution in [-0.4, -0.2) is 192 Å². The van der Waals surface area contributed by atoms with Gasteiger partial charge in [0.1, 0.15) is 23.9 Å². The average molecular weight is 935 g/mol. The Labute approximate surface area is 373 Å². The summed E-state index contributed by atoms with van der Waals surface area (Å²) in [5, 5.41) is 63.6. The molecular weight excluding hydrogens is 857 g/mol. The number of aliphatic hydroxyl groups is 5. The Kier molecular flexibility index (Phi) is 22.2. The number of carbonyl (C=O) groups excluding carboxylic acids is 1. The number of oxime groups is 1. The lowest BCUT2D eigenvalue weighted by Crippen LogP contribution is -2.61. The molecule has 0 aromatic carbocycles. The van der Waals surface area contributed by atoms with Crippen LogP contribution in [0.3, 0.4) is 0 Å². The third kappa shape index (κ3) is 16.0. The number of hydrogen-bond acceptors (Lipinski definition) is 19. The zero-order valence-corrected chi connectivity index (χ0v) is 40.3. The lowest BCUT2D eigenvalue weighted by atomic mass is 9.73. The molecule has 372 valence electrons. The Bertz CT molecular complexity index is 1530. The molecule has 0 aliphatic carbocycles. The molecule has 21 nitrogen and oxygen atoms in total. The fraction of sp³-hybridized carbons (Fsp3) is 0.951. The highest BCUT2D eigenvalue weighted by Gasteiger charge is 2.53. The Hall–Kier alpha value is -1.71.